The molecule has 2 heterocycles. The lowest BCUT2D eigenvalue weighted by Crippen LogP contribution is -2.00. The first-order valence-corrected chi connectivity index (χ1v) is 7.66. The summed E-state index contributed by atoms with van der Waals surface area (Å²) in [7, 11) is 0. The maximum absolute atomic E-state index is 5.92. The first-order chi connectivity index (χ1) is 9.86. The maximum Gasteiger partial charge on any atom is 0.224 e. The van der Waals surface area contributed by atoms with Crippen molar-refractivity contribution in [3.05, 3.63) is 54.4 Å². The molecular weight excluding hydrogens is 270 g/mol. The number of ether oxygens (including phenoxy) is 1. The van der Waals surface area contributed by atoms with Crippen LogP contribution < -0.4 is 4.74 Å². The molecule has 3 aromatic rings. The van der Waals surface area contributed by atoms with Crippen LogP contribution in [0.2, 0.25) is 0 Å². The molecule has 2 aromatic heterocycles. The lowest BCUT2D eigenvalue weighted by Gasteiger charge is -2.09. The predicted molar refractivity (Wildman–Crippen MR) is 81.3 cm³/mol. The van der Waals surface area contributed by atoms with E-state index in [2.05, 4.69) is 17.0 Å². The van der Waals surface area contributed by atoms with E-state index in [0.29, 0.717) is 5.88 Å². The molecule has 0 saturated carbocycles. The van der Waals surface area contributed by atoms with E-state index < -0.39 is 0 Å². The second-order valence-electron chi connectivity index (χ2n) is 4.24. The van der Waals surface area contributed by atoms with Crippen LogP contribution in [0.25, 0.3) is 5.65 Å². The largest absolute Gasteiger partial charge is 0.439 e. The molecule has 0 N–H and O–H groups in total. The lowest BCUT2D eigenvalue weighted by atomic mass is 10.3. The number of rotatable bonds is 5. The Labute approximate surface area is 121 Å². The minimum Gasteiger partial charge on any atom is -0.439 e. The molecule has 0 saturated heterocycles. The smallest absolute Gasteiger partial charge is 0.224 e. The Morgan fingerprint density at radius 1 is 1.20 bits per heavy atom. The van der Waals surface area contributed by atoms with Gasteiger partial charge < -0.3 is 4.74 Å². The molecule has 0 bridgehead atoms. The molecule has 0 aliphatic rings. The Morgan fingerprint density at radius 2 is 2.05 bits per heavy atom. The van der Waals surface area contributed by atoms with Crippen molar-refractivity contribution in [1.29, 1.82) is 0 Å². The van der Waals surface area contributed by atoms with E-state index >= 15 is 0 Å². The van der Waals surface area contributed by atoms with Gasteiger partial charge in [0.25, 0.3) is 0 Å². The number of nitrogens with zero attached hydrogens (tertiary/aromatic N) is 3. The summed E-state index contributed by atoms with van der Waals surface area (Å²) < 4.78 is 7.64. The summed E-state index contributed by atoms with van der Waals surface area (Å²) in [5.74, 6) is 3.44. The summed E-state index contributed by atoms with van der Waals surface area (Å²) in [6, 6.07) is 13.6. The third-order valence-corrected chi connectivity index (χ3v) is 3.71. The van der Waals surface area contributed by atoms with Crippen molar-refractivity contribution in [2.45, 2.75) is 12.7 Å². The Bertz CT molecular complexity index is 697. The molecule has 5 heteroatoms. The third-order valence-electron chi connectivity index (χ3n) is 2.80. The normalized spacial score (nSPS) is 10.8. The molecule has 3 rings (SSSR count). The van der Waals surface area contributed by atoms with Crippen molar-refractivity contribution in [1.82, 2.24) is 14.6 Å². The van der Waals surface area contributed by atoms with Crippen LogP contribution in [-0.4, -0.2) is 20.4 Å². The minimum absolute atomic E-state index is 0.693. The van der Waals surface area contributed by atoms with Crippen LogP contribution >= 0.6 is 11.8 Å². The zero-order chi connectivity index (χ0) is 13.8. The molecule has 0 aliphatic heterocycles. The first kappa shape index (κ1) is 13.0. The van der Waals surface area contributed by atoms with Gasteiger partial charge in [0, 0.05) is 17.9 Å². The first-order valence-electron chi connectivity index (χ1n) is 6.51. The lowest BCUT2D eigenvalue weighted by molar-refractivity contribution is 0.445. The van der Waals surface area contributed by atoms with Gasteiger partial charge in [-0.2, -0.15) is 21.4 Å². The van der Waals surface area contributed by atoms with Crippen LogP contribution in [-0.2, 0) is 5.75 Å². The van der Waals surface area contributed by atoms with E-state index in [0.717, 1.165) is 28.6 Å². The Balaban J connectivity index is 1.97. The van der Waals surface area contributed by atoms with Crippen LogP contribution in [0.1, 0.15) is 12.6 Å². The van der Waals surface area contributed by atoms with E-state index in [-0.39, 0.29) is 0 Å². The van der Waals surface area contributed by atoms with Crippen molar-refractivity contribution < 1.29 is 4.74 Å². The molecule has 0 unspecified atom stereocenters. The number of fused-ring (bicyclic) bond motifs is 1. The Morgan fingerprint density at radius 3 is 2.85 bits per heavy atom. The summed E-state index contributed by atoms with van der Waals surface area (Å²) in [6.45, 7) is 2.14. The highest BCUT2D eigenvalue weighted by molar-refractivity contribution is 7.98. The van der Waals surface area contributed by atoms with E-state index in [4.69, 9.17) is 4.74 Å². The minimum atomic E-state index is 0.693. The number of aromatic nitrogens is 3. The SMILES string of the molecule is CCSCc1cc(Oc2ccccc2)n2nccc2n1. The molecule has 0 amide bonds. The quantitative estimate of drug-likeness (QED) is 0.715. The topological polar surface area (TPSA) is 39.4 Å². The van der Waals surface area contributed by atoms with Gasteiger partial charge >= 0.3 is 0 Å². The van der Waals surface area contributed by atoms with Gasteiger partial charge in [-0.3, -0.25) is 0 Å². The van der Waals surface area contributed by atoms with Crippen LogP contribution in [0.5, 0.6) is 11.6 Å². The van der Waals surface area contributed by atoms with Gasteiger partial charge in [-0.25, -0.2) is 4.98 Å². The van der Waals surface area contributed by atoms with Gasteiger partial charge in [-0.15, -0.1) is 0 Å². The van der Waals surface area contributed by atoms with E-state index in [1.165, 1.54) is 0 Å². The van der Waals surface area contributed by atoms with E-state index in [1.807, 2.05) is 54.2 Å². The molecule has 4 nitrogen and oxygen atoms in total. The second kappa shape index (κ2) is 5.96. The average molecular weight is 285 g/mol. The van der Waals surface area contributed by atoms with Gasteiger partial charge in [0.05, 0.1) is 11.9 Å². The fourth-order valence-corrected chi connectivity index (χ4v) is 2.46. The number of thioether (sulfide) groups is 1. The van der Waals surface area contributed by atoms with Crippen LogP contribution in [0.15, 0.2) is 48.7 Å². The molecule has 0 fully saturated rings. The highest BCUT2D eigenvalue weighted by Gasteiger charge is 2.08. The summed E-state index contributed by atoms with van der Waals surface area (Å²) in [4.78, 5) is 4.57. The fraction of sp³-hybridized carbons (Fsp3) is 0.200. The third kappa shape index (κ3) is 2.77. The van der Waals surface area contributed by atoms with Crippen molar-refractivity contribution in [3.63, 3.8) is 0 Å². The van der Waals surface area contributed by atoms with Crippen LogP contribution in [0, 0.1) is 0 Å². The van der Waals surface area contributed by atoms with Gasteiger partial charge in [0.2, 0.25) is 5.88 Å². The number of hydrogen-bond donors (Lipinski definition) is 0. The number of hydrogen-bond acceptors (Lipinski definition) is 4. The van der Waals surface area contributed by atoms with Gasteiger partial charge in [0.15, 0.2) is 5.65 Å². The fourth-order valence-electron chi connectivity index (χ4n) is 1.90. The van der Waals surface area contributed by atoms with E-state index in [9.17, 15) is 0 Å². The van der Waals surface area contributed by atoms with Crippen molar-refractivity contribution >= 4 is 17.4 Å². The number of benzene rings is 1. The second-order valence-corrected chi connectivity index (χ2v) is 5.51. The Hall–Kier alpha value is -2.01. The molecule has 0 radical (unpaired) electrons. The highest BCUT2D eigenvalue weighted by Crippen LogP contribution is 2.23. The highest BCUT2D eigenvalue weighted by atomic mass is 32.2. The molecule has 0 atom stereocenters. The van der Waals surface area contributed by atoms with Crippen molar-refractivity contribution in [2.24, 2.45) is 0 Å². The predicted octanol–water partition coefficient (Wildman–Crippen LogP) is 3.77. The summed E-state index contributed by atoms with van der Waals surface area (Å²) in [5, 5.41) is 4.26. The Kier molecular flexibility index (Phi) is 3.87. The molecule has 1 aromatic carbocycles. The van der Waals surface area contributed by atoms with Crippen molar-refractivity contribution in [2.75, 3.05) is 5.75 Å². The van der Waals surface area contributed by atoms with Gasteiger partial charge in [0.1, 0.15) is 5.75 Å². The molecule has 0 aliphatic carbocycles. The maximum atomic E-state index is 5.92. The van der Waals surface area contributed by atoms with Gasteiger partial charge in [-0.05, 0) is 17.9 Å². The van der Waals surface area contributed by atoms with Crippen LogP contribution in [0.4, 0.5) is 0 Å². The summed E-state index contributed by atoms with van der Waals surface area (Å²) >= 11 is 1.84. The molecule has 102 valence electrons. The monoisotopic (exact) mass is 285 g/mol. The molecular formula is C15H15N3OS. The van der Waals surface area contributed by atoms with Gasteiger partial charge in [-0.1, -0.05) is 25.1 Å². The van der Waals surface area contributed by atoms with E-state index in [1.54, 1.807) is 10.7 Å². The summed E-state index contributed by atoms with van der Waals surface area (Å²) in [5.41, 5.74) is 1.82. The molecule has 0 spiro atoms. The average Bonchev–Trinajstić information content (AvgIpc) is 2.95. The number of para-hydroxylation sites is 1. The zero-order valence-corrected chi connectivity index (χ0v) is 12.0. The molecule has 20 heavy (non-hydrogen) atoms. The zero-order valence-electron chi connectivity index (χ0n) is 11.2. The summed E-state index contributed by atoms with van der Waals surface area (Å²) in [6.07, 6.45) is 1.73. The van der Waals surface area contributed by atoms with Crippen LogP contribution in [0.3, 0.4) is 0 Å². The van der Waals surface area contributed by atoms with Crippen molar-refractivity contribution in [3.8, 4) is 11.6 Å². The standard InChI is InChI=1S/C15H15N3OS/c1-2-20-11-12-10-15(18-14(17-12)8-9-16-18)19-13-6-4-3-5-7-13/h3-10H,2,11H2,1H3.